The van der Waals surface area contributed by atoms with E-state index in [0.29, 0.717) is 6.54 Å². The average Bonchev–Trinajstić information content (AvgIpc) is 2.62. The van der Waals surface area contributed by atoms with E-state index in [-0.39, 0.29) is 6.04 Å². The van der Waals surface area contributed by atoms with Gasteiger partial charge in [-0.25, -0.2) is 0 Å². The number of rotatable bonds is 7. The predicted octanol–water partition coefficient (Wildman–Crippen LogP) is 2.68. The van der Waals surface area contributed by atoms with Gasteiger partial charge in [-0.2, -0.15) is 0 Å². The van der Waals surface area contributed by atoms with Gasteiger partial charge >= 0.3 is 0 Å². The number of ether oxygens (including phenoxy) is 1. The van der Waals surface area contributed by atoms with E-state index >= 15 is 0 Å². The second-order valence-electron chi connectivity index (χ2n) is 5.86. The maximum absolute atomic E-state index is 6.05. The molecule has 1 unspecified atom stereocenters. The van der Waals surface area contributed by atoms with Gasteiger partial charge in [0.1, 0.15) is 0 Å². The van der Waals surface area contributed by atoms with Crippen LogP contribution in [0.25, 0.3) is 0 Å². The summed E-state index contributed by atoms with van der Waals surface area (Å²) in [6.07, 6.45) is 1.08. The van der Waals surface area contributed by atoms with Crippen molar-refractivity contribution in [1.82, 2.24) is 15.5 Å². The Hall–Kier alpha value is -1.30. The lowest BCUT2D eigenvalue weighted by atomic mass is 10.0. The van der Waals surface area contributed by atoms with Crippen LogP contribution in [-0.4, -0.2) is 56.8 Å². The van der Waals surface area contributed by atoms with E-state index in [2.05, 4.69) is 41.5 Å². The Morgan fingerprint density at radius 2 is 1.92 bits per heavy atom. The Bertz CT molecular complexity index is 500. The molecular formula is C18H29ClN4O. The predicted molar refractivity (Wildman–Crippen MR) is 101 cm³/mol. The van der Waals surface area contributed by atoms with E-state index in [1.807, 2.05) is 12.1 Å². The molecular weight excluding hydrogens is 324 g/mol. The van der Waals surface area contributed by atoms with E-state index < -0.39 is 0 Å². The second-order valence-corrected chi connectivity index (χ2v) is 6.30. The summed E-state index contributed by atoms with van der Waals surface area (Å²) in [6.45, 7) is 10.2. The minimum atomic E-state index is 0.239. The molecule has 1 fully saturated rings. The van der Waals surface area contributed by atoms with E-state index in [1.165, 1.54) is 5.56 Å². The highest BCUT2D eigenvalue weighted by atomic mass is 35.5. The number of aliphatic imine (C=N–C) groups is 1. The fourth-order valence-corrected chi connectivity index (χ4v) is 2.89. The molecule has 1 aromatic carbocycles. The molecule has 2 N–H and O–H groups in total. The molecule has 2 rings (SSSR count). The van der Waals surface area contributed by atoms with Crippen molar-refractivity contribution in [2.24, 2.45) is 4.99 Å². The lowest BCUT2D eigenvalue weighted by Crippen LogP contribution is -2.42. The minimum absolute atomic E-state index is 0.239. The van der Waals surface area contributed by atoms with E-state index in [1.54, 1.807) is 0 Å². The van der Waals surface area contributed by atoms with E-state index in [9.17, 15) is 0 Å². The van der Waals surface area contributed by atoms with Crippen molar-refractivity contribution in [3.8, 4) is 0 Å². The molecule has 1 aromatic rings. The van der Waals surface area contributed by atoms with Gasteiger partial charge in [0, 0.05) is 31.2 Å². The number of halogens is 1. The van der Waals surface area contributed by atoms with Gasteiger partial charge < -0.3 is 15.4 Å². The van der Waals surface area contributed by atoms with Gasteiger partial charge in [0.05, 0.1) is 25.8 Å². The number of guanidine groups is 1. The van der Waals surface area contributed by atoms with Crippen molar-refractivity contribution >= 4 is 17.6 Å². The molecule has 6 heteroatoms. The summed E-state index contributed by atoms with van der Waals surface area (Å²) in [5.74, 6) is 0.881. The lowest BCUT2D eigenvalue weighted by molar-refractivity contribution is 0.0180. The maximum atomic E-state index is 6.05. The molecule has 0 radical (unpaired) electrons. The zero-order valence-electron chi connectivity index (χ0n) is 14.7. The summed E-state index contributed by atoms with van der Waals surface area (Å²) in [4.78, 5) is 7.25. The fourth-order valence-electron chi connectivity index (χ4n) is 2.77. The van der Waals surface area contributed by atoms with Crippen LogP contribution in [0.2, 0.25) is 5.02 Å². The molecule has 1 aliphatic rings. The van der Waals surface area contributed by atoms with Gasteiger partial charge in [-0.3, -0.25) is 9.89 Å². The number of benzene rings is 1. The number of hydrogen-bond acceptors (Lipinski definition) is 3. The molecule has 134 valence electrons. The topological polar surface area (TPSA) is 48.9 Å². The number of hydrogen-bond donors (Lipinski definition) is 2. The number of nitrogens with one attached hydrogen (secondary N) is 2. The zero-order valence-corrected chi connectivity index (χ0v) is 15.5. The minimum Gasteiger partial charge on any atom is -0.379 e. The summed E-state index contributed by atoms with van der Waals surface area (Å²) in [7, 11) is 0. The highest BCUT2D eigenvalue weighted by Crippen LogP contribution is 2.24. The molecule has 24 heavy (non-hydrogen) atoms. The Morgan fingerprint density at radius 3 is 2.54 bits per heavy atom. The Balaban J connectivity index is 2.13. The molecule has 0 spiro atoms. The second kappa shape index (κ2) is 10.5. The van der Waals surface area contributed by atoms with Crippen molar-refractivity contribution < 1.29 is 4.74 Å². The van der Waals surface area contributed by atoms with Crippen LogP contribution >= 0.6 is 11.6 Å². The number of nitrogens with zero attached hydrogens (tertiary/aromatic N) is 2. The third kappa shape index (κ3) is 5.96. The lowest BCUT2D eigenvalue weighted by Gasteiger charge is -2.34. The summed E-state index contributed by atoms with van der Waals surface area (Å²) >= 11 is 6.05. The van der Waals surface area contributed by atoms with E-state index in [4.69, 9.17) is 21.3 Å². The fraction of sp³-hybridized carbons (Fsp3) is 0.611. The molecule has 1 aliphatic heterocycles. The van der Waals surface area contributed by atoms with Crippen molar-refractivity contribution in [3.05, 3.63) is 34.9 Å². The average molecular weight is 353 g/mol. The Labute approximate surface area is 150 Å². The Kier molecular flexibility index (Phi) is 8.36. The van der Waals surface area contributed by atoms with E-state index in [0.717, 1.165) is 56.8 Å². The third-order valence-electron chi connectivity index (χ3n) is 4.05. The first-order chi connectivity index (χ1) is 11.7. The summed E-state index contributed by atoms with van der Waals surface area (Å²) in [5.41, 5.74) is 1.25. The van der Waals surface area contributed by atoms with Gasteiger partial charge in [-0.1, -0.05) is 30.7 Å². The quantitative estimate of drug-likeness (QED) is 0.585. The van der Waals surface area contributed by atoms with Crippen LogP contribution in [0.15, 0.2) is 29.3 Å². The first kappa shape index (κ1) is 19.0. The third-order valence-corrected chi connectivity index (χ3v) is 4.30. The standard InChI is InChI=1S/C18H29ClN4O/c1-3-9-21-18(20-4-2)22-14-17(23-10-12-24-13-11-23)15-5-7-16(19)8-6-15/h5-8,17H,3-4,9-14H2,1-2H3,(H2,20,21,22). The van der Waals surface area contributed by atoms with Crippen LogP contribution in [0.4, 0.5) is 0 Å². The van der Waals surface area contributed by atoms with Crippen molar-refractivity contribution in [2.45, 2.75) is 26.3 Å². The Morgan fingerprint density at radius 1 is 1.21 bits per heavy atom. The van der Waals surface area contributed by atoms with Crippen LogP contribution in [0.1, 0.15) is 31.9 Å². The smallest absolute Gasteiger partial charge is 0.191 e. The zero-order chi connectivity index (χ0) is 17.2. The van der Waals surface area contributed by atoms with Crippen molar-refractivity contribution in [3.63, 3.8) is 0 Å². The van der Waals surface area contributed by atoms with Crippen molar-refractivity contribution in [1.29, 1.82) is 0 Å². The summed E-state index contributed by atoms with van der Waals surface area (Å²) in [5, 5.41) is 7.44. The van der Waals surface area contributed by atoms with Gasteiger partial charge in [-0.15, -0.1) is 0 Å². The molecule has 1 saturated heterocycles. The monoisotopic (exact) mass is 352 g/mol. The van der Waals surface area contributed by atoms with Crippen LogP contribution in [-0.2, 0) is 4.74 Å². The van der Waals surface area contributed by atoms with Crippen LogP contribution < -0.4 is 10.6 Å². The molecule has 0 saturated carbocycles. The first-order valence-electron chi connectivity index (χ1n) is 8.84. The van der Waals surface area contributed by atoms with Crippen molar-refractivity contribution in [2.75, 3.05) is 45.9 Å². The van der Waals surface area contributed by atoms with Gasteiger partial charge in [0.2, 0.25) is 0 Å². The van der Waals surface area contributed by atoms with Crippen LogP contribution in [0.3, 0.4) is 0 Å². The summed E-state index contributed by atoms with van der Waals surface area (Å²) < 4.78 is 5.50. The SMILES string of the molecule is CCCNC(=NCC(c1ccc(Cl)cc1)N1CCOCC1)NCC. The molecule has 5 nitrogen and oxygen atoms in total. The highest BCUT2D eigenvalue weighted by Gasteiger charge is 2.22. The van der Waals surface area contributed by atoms with Crippen LogP contribution in [0, 0.1) is 0 Å². The molecule has 0 amide bonds. The summed E-state index contributed by atoms with van der Waals surface area (Å²) in [6, 6.07) is 8.35. The number of morpholine rings is 1. The highest BCUT2D eigenvalue weighted by molar-refractivity contribution is 6.30. The van der Waals surface area contributed by atoms with Gasteiger partial charge in [-0.05, 0) is 31.0 Å². The normalized spacial score (nSPS) is 17.5. The molecule has 1 heterocycles. The largest absolute Gasteiger partial charge is 0.379 e. The molecule has 0 aromatic heterocycles. The van der Waals surface area contributed by atoms with Gasteiger partial charge in [0.25, 0.3) is 0 Å². The maximum Gasteiger partial charge on any atom is 0.191 e. The molecule has 0 bridgehead atoms. The van der Waals surface area contributed by atoms with Gasteiger partial charge in [0.15, 0.2) is 5.96 Å². The van der Waals surface area contributed by atoms with Crippen LogP contribution in [0.5, 0.6) is 0 Å². The first-order valence-corrected chi connectivity index (χ1v) is 9.21. The molecule has 0 aliphatic carbocycles. The molecule has 1 atom stereocenters.